The molecule has 11 nitrogen and oxygen atoms in total. The Morgan fingerprint density at radius 1 is 1.48 bits per heavy atom. The second-order valence-corrected chi connectivity index (χ2v) is 8.39. The minimum Gasteiger partial charge on any atom is -0.453 e. The van der Waals surface area contributed by atoms with E-state index in [1.807, 2.05) is 6.26 Å². The lowest BCUT2D eigenvalue weighted by atomic mass is 10.1. The van der Waals surface area contributed by atoms with Gasteiger partial charge in [0.25, 0.3) is 0 Å². The first-order valence-electron chi connectivity index (χ1n) is 7.97. The molecule has 2 aromatic rings. The highest BCUT2D eigenvalue weighted by molar-refractivity contribution is 8.76. The summed E-state index contributed by atoms with van der Waals surface area (Å²) >= 11 is 0. The predicted molar refractivity (Wildman–Crippen MR) is 101 cm³/mol. The van der Waals surface area contributed by atoms with E-state index in [1.54, 1.807) is 0 Å². The molecule has 5 atom stereocenters. The number of ether oxygens (including phenoxy) is 2. The molecular formula is C14H20N6O5S2. The van der Waals surface area contributed by atoms with Crippen molar-refractivity contribution < 1.29 is 24.5 Å². The molecule has 1 aliphatic rings. The number of aliphatic hydroxyl groups excluding tert-OH is 2. The van der Waals surface area contributed by atoms with Crippen molar-refractivity contribution >= 4 is 44.5 Å². The molecule has 1 saturated heterocycles. The summed E-state index contributed by atoms with van der Waals surface area (Å²) < 4.78 is 12.6. The van der Waals surface area contributed by atoms with E-state index in [-0.39, 0.29) is 5.82 Å². The van der Waals surface area contributed by atoms with Gasteiger partial charge in [-0.2, -0.15) is 0 Å². The molecule has 1 fully saturated rings. The predicted octanol–water partition coefficient (Wildman–Crippen LogP) is -1.09. The summed E-state index contributed by atoms with van der Waals surface area (Å²) in [5, 5.41) is 19.9. The van der Waals surface area contributed by atoms with E-state index in [0.717, 1.165) is 0 Å². The molecular weight excluding hydrogens is 396 g/mol. The summed E-state index contributed by atoms with van der Waals surface area (Å²) in [6.45, 7) is -0.455. The SMILES string of the molecule is CSSCC(N)C(=O)O[C@@H]1[C@H](O)[C@@H](CO)O[C@H]1n1cnc2c(N)ncnc21. The van der Waals surface area contributed by atoms with Gasteiger partial charge in [0.1, 0.15) is 30.1 Å². The maximum atomic E-state index is 12.3. The topological polar surface area (TPSA) is 172 Å². The van der Waals surface area contributed by atoms with Crippen LogP contribution in [0.3, 0.4) is 0 Å². The first-order chi connectivity index (χ1) is 13.0. The quantitative estimate of drug-likeness (QED) is 0.318. The lowest BCUT2D eigenvalue weighted by Gasteiger charge is -2.23. The Balaban J connectivity index is 1.87. The highest BCUT2D eigenvalue weighted by atomic mass is 33.1. The van der Waals surface area contributed by atoms with Crippen LogP contribution in [0.5, 0.6) is 0 Å². The minimum absolute atomic E-state index is 0.181. The van der Waals surface area contributed by atoms with Crippen LogP contribution in [0, 0.1) is 0 Å². The first kappa shape index (κ1) is 20.1. The number of carbonyl (C=O) groups is 1. The number of fused-ring (bicyclic) bond motifs is 1. The molecule has 2 aromatic heterocycles. The van der Waals surface area contributed by atoms with Crippen molar-refractivity contribution in [2.45, 2.75) is 30.6 Å². The van der Waals surface area contributed by atoms with E-state index in [4.69, 9.17) is 20.9 Å². The molecule has 0 amide bonds. The van der Waals surface area contributed by atoms with Crippen LogP contribution >= 0.6 is 21.6 Å². The zero-order chi connectivity index (χ0) is 19.6. The molecule has 3 heterocycles. The Hall–Kier alpha value is -1.64. The summed E-state index contributed by atoms with van der Waals surface area (Å²) in [7, 11) is 2.90. The number of anilines is 1. The zero-order valence-electron chi connectivity index (χ0n) is 14.3. The smallest absolute Gasteiger partial charge is 0.324 e. The molecule has 148 valence electrons. The van der Waals surface area contributed by atoms with Crippen molar-refractivity contribution in [1.29, 1.82) is 0 Å². The van der Waals surface area contributed by atoms with Crippen molar-refractivity contribution in [2.75, 3.05) is 24.3 Å². The van der Waals surface area contributed by atoms with Crippen LogP contribution in [0.4, 0.5) is 5.82 Å². The van der Waals surface area contributed by atoms with Crippen LogP contribution in [0.25, 0.3) is 11.2 Å². The fourth-order valence-electron chi connectivity index (χ4n) is 2.71. The highest BCUT2D eigenvalue weighted by Crippen LogP contribution is 2.34. The molecule has 1 unspecified atom stereocenters. The van der Waals surface area contributed by atoms with Gasteiger partial charge in [-0.1, -0.05) is 21.6 Å². The summed E-state index contributed by atoms with van der Waals surface area (Å²) in [6.07, 6.45) is 0.284. The van der Waals surface area contributed by atoms with Gasteiger partial charge in [0.15, 0.2) is 23.8 Å². The van der Waals surface area contributed by atoms with Gasteiger partial charge in [0.05, 0.1) is 12.9 Å². The van der Waals surface area contributed by atoms with Crippen LogP contribution in [0.15, 0.2) is 12.7 Å². The van der Waals surface area contributed by atoms with E-state index in [9.17, 15) is 15.0 Å². The van der Waals surface area contributed by atoms with Crippen LogP contribution in [-0.2, 0) is 14.3 Å². The Labute approximate surface area is 162 Å². The Morgan fingerprint density at radius 2 is 2.26 bits per heavy atom. The molecule has 0 radical (unpaired) electrons. The van der Waals surface area contributed by atoms with Gasteiger partial charge in [-0.05, 0) is 6.26 Å². The lowest BCUT2D eigenvalue weighted by Crippen LogP contribution is -2.42. The van der Waals surface area contributed by atoms with Crippen LogP contribution in [0.2, 0.25) is 0 Å². The number of nitrogens with two attached hydrogens (primary N) is 2. The van der Waals surface area contributed by atoms with Gasteiger partial charge in [0, 0.05) is 5.75 Å². The maximum Gasteiger partial charge on any atom is 0.324 e. The fourth-order valence-corrected chi connectivity index (χ4v) is 3.97. The number of hydrogen-bond acceptors (Lipinski definition) is 12. The summed E-state index contributed by atoms with van der Waals surface area (Å²) in [4.78, 5) is 24.4. The van der Waals surface area contributed by atoms with Gasteiger partial charge in [-0.25, -0.2) is 15.0 Å². The third kappa shape index (κ3) is 3.97. The standard InChI is InChI=1S/C14H20N6O5S2/c1-26-27-3-6(15)14(23)25-10-9(22)7(2-21)24-13(10)20-5-19-8-11(16)17-4-18-12(8)20/h4-7,9-10,13,21-22H,2-3,15H2,1H3,(H2,16,17,18)/t6?,7-,9-,10-,13-/m1/s1. The monoisotopic (exact) mass is 416 g/mol. The van der Waals surface area contributed by atoms with Gasteiger partial charge in [-0.3, -0.25) is 9.36 Å². The largest absolute Gasteiger partial charge is 0.453 e. The number of imidazole rings is 1. The minimum atomic E-state index is -1.25. The van der Waals surface area contributed by atoms with Crippen molar-refractivity contribution in [2.24, 2.45) is 5.73 Å². The van der Waals surface area contributed by atoms with Gasteiger partial charge >= 0.3 is 5.97 Å². The molecule has 0 spiro atoms. The number of carbonyl (C=O) groups excluding carboxylic acids is 1. The van der Waals surface area contributed by atoms with Crippen LogP contribution < -0.4 is 11.5 Å². The van der Waals surface area contributed by atoms with Crippen molar-refractivity contribution in [3.05, 3.63) is 12.7 Å². The van der Waals surface area contributed by atoms with E-state index in [2.05, 4.69) is 15.0 Å². The average molecular weight is 416 g/mol. The molecule has 13 heteroatoms. The Morgan fingerprint density at radius 3 is 2.96 bits per heavy atom. The van der Waals surface area contributed by atoms with Crippen LogP contribution in [-0.4, -0.2) is 78.7 Å². The molecule has 0 bridgehead atoms. The van der Waals surface area contributed by atoms with Crippen molar-refractivity contribution in [3.8, 4) is 0 Å². The summed E-state index contributed by atoms with van der Waals surface area (Å²) in [5.74, 6) is -0.137. The number of esters is 1. The molecule has 0 saturated carbocycles. The average Bonchev–Trinajstić information content (AvgIpc) is 3.22. The molecule has 1 aliphatic heterocycles. The Kier molecular flexibility index (Phi) is 6.39. The fraction of sp³-hybridized carbons (Fsp3) is 0.571. The lowest BCUT2D eigenvalue weighted by molar-refractivity contribution is -0.159. The van der Waals surface area contributed by atoms with Gasteiger partial charge in [0.2, 0.25) is 0 Å². The highest BCUT2D eigenvalue weighted by Gasteiger charge is 2.48. The van der Waals surface area contributed by atoms with Crippen LogP contribution in [0.1, 0.15) is 6.23 Å². The van der Waals surface area contributed by atoms with E-state index in [0.29, 0.717) is 16.9 Å². The van der Waals surface area contributed by atoms with Gasteiger partial charge in [-0.15, -0.1) is 0 Å². The second kappa shape index (κ2) is 8.58. The molecule has 0 aromatic carbocycles. The number of aliphatic hydroxyl groups is 2. The second-order valence-electron chi connectivity index (χ2n) is 5.78. The molecule has 27 heavy (non-hydrogen) atoms. The molecule has 3 rings (SSSR count). The maximum absolute atomic E-state index is 12.3. The number of nitrogens with zero attached hydrogens (tertiary/aromatic N) is 4. The van der Waals surface area contributed by atoms with Gasteiger partial charge < -0.3 is 31.2 Å². The van der Waals surface area contributed by atoms with E-state index >= 15 is 0 Å². The van der Waals surface area contributed by atoms with E-state index < -0.39 is 43.2 Å². The van der Waals surface area contributed by atoms with Crippen molar-refractivity contribution in [3.63, 3.8) is 0 Å². The third-order valence-corrected chi connectivity index (χ3v) is 5.92. The molecule has 6 N–H and O–H groups in total. The number of hydrogen-bond donors (Lipinski definition) is 4. The summed E-state index contributed by atoms with van der Waals surface area (Å²) in [5.41, 5.74) is 12.3. The molecule has 0 aliphatic carbocycles. The van der Waals surface area contributed by atoms with E-state index in [1.165, 1.54) is 38.8 Å². The first-order valence-corrected chi connectivity index (χ1v) is 10.7. The normalized spacial score (nSPS) is 26.4. The third-order valence-electron chi connectivity index (χ3n) is 4.07. The number of aromatic nitrogens is 4. The number of rotatable bonds is 7. The number of nitrogen functional groups attached to an aromatic ring is 1. The Bertz CT molecular complexity index is 807. The zero-order valence-corrected chi connectivity index (χ0v) is 16.0. The summed E-state index contributed by atoms with van der Waals surface area (Å²) in [6, 6.07) is -0.860. The van der Waals surface area contributed by atoms with Crippen molar-refractivity contribution in [1.82, 2.24) is 19.5 Å².